The molecule has 0 bridgehead atoms. The summed E-state index contributed by atoms with van der Waals surface area (Å²) in [7, 11) is 0. The predicted molar refractivity (Wildman–Crippen MR) is 149 cm³/mol. The lowest BCUT2D eigenvalue weighted by Gasteiger charge is -2.20. The van der Waals surface area contributed by atoms with Gasteiger partial charge in [-0.1, -0.05) is 42.5 Å². The summed E-state index contributed by atoms with van der Waals surface area (Å²) < 4.78 is 0. The number of H-pyrrole nitrogens is 1. The fraction of sp³-hybridized carbons (Fsp3) is 0. The summed E-state index contributed by atoms with van der Waals surface area (Å²) in [5.74, 6) is 0. The van der Waals surface area contributed by atoms with Gasteiger partial charge in [0, 0.05) is 63.3 Å². The van der Waals surface area contributed by atoms with Crippen molar-refractivity contribution in [2.75, 3.05) is 0 Å². The summed E-state index contributed by atoms with van der Waals surface area (Å²) in [6.45, 7) is 0. The zero-order valence-corrected chi connectivity index (χ0v) is 19.8. The quantitative estimate of drug-likeness (QED) is 0.285. The maximum atomic E-state index is 4.84. The van der Waals surface area contributed by atoms with Gasteiger partial charge in [0.2, 0.25) is 0 Å². The first-order chi connectivity index (χ1) is 18.4. The molecule has 0 radical (unpaired) electrons. The second kappa shape index (κ2) is 8.81. The average molecular weight is 476 g/mol. The molecule has 0 aliphatic rings. The Morgan fingerprint density at radius 1 is 0.405 bits per heavy atom. The highest BCUT2D eigenvalue weighted by molar-refractivity contribution is 6.24. The van der Waals surface area contributed by atoms with Crippen LogP contribution in [0, 0.1) is 0 Å². The molecule has 0 spiro atoms. The van der Waals surface area contributed by atoms with Gasteiger partial charge in [-0.05, 0) is 54.6 Å². The van der Waals surface area contributed by atoms with Crippen molar-refractivity contribution < 1.29 is 0 Å². The highest BCUT2D eigenvalue weighted by atomic mass is 14.8. The third-order valence-electron chi connectivity index (χ3n) is 6.64. The maximum Gasteiger partial charge on any atom is 0.0730 e. The number of para-hydroxylation sites is 1. The van der Waals surface area contributed by atoms with Crippen LogP contribution in [0.25, 0.3) is 66.8 Å². The molecule has 0 saturated heterocycles. The van der Waals surface area contributed by atoms with Crippen LogP contribution in [0.1, 0.15) is 0 Å². The van der Waals surface area contributed by atoms with E-state index in [4.69, 9.17) is 19.9 Å². The Bertz CT molecular complexity index is 1850. The Balaban J connectivity index is 1.81. The number of aromatic amines is 1. The van der Waals surface area contributed by atoms with Gasteiger partial charge in [-0.15, -0.1) is 0 Å². The molecule has 5 nitrogen and oxygen atoms in total. The van der Waals surface area contributed by atoms with Crippen molar-refractivity contribution in [3.63, 3.8) is 0 Å². The minimum atomic E-state index is 0.849. The monoisotopic (exact) mass is 475 g/mol. The minimum absolute atomic E-state index is 0.849. The van der Waals surface area contributed by atoms with Gasteiger partial charge in [-0.25, -0.2) is 0 Å². The highest BCUT2D eigenvalue weighted by Crippen LogP contribution is 2.50. The van der Waals surface area contributed by atoms with Crippen molar-refractivity contribution in [1.29, 1.82) is 0 Å². The Kier molecular flexibility index (Phi) is 5.03. The Hall–Kier alpha value is -5.16. The van der Waals surface area contributed by atoms with Gasteiger partial charge in [-0.2, -0.15) is 0 Å². The number of benzene rings is 2. The first kappa shape index (κ1) is 21.1. The van der Waals surface area contributed by atoms with E-state index in [0.717, 1.165) is 66.8 Å². The standard InChI is InChI=1S/C32H21N5/c1-2-12-22-21(11-1)27-28(23-13-3-7-17-33-23)29(24-14-4-8-18-34-24)30(25-15-5-9-19-35-25)31(32(27)37-22)26-16-6-10-20-36-26/h1-20,37H. The van der Waals surface area contributed by atoms with Crippen LogP contribution in [0.2, 0.25) is 0 Å². The van der Waals surface area contributed by atoms with Crippen LogP contribution < -0.4 is 0 Å². The van der Waals surface area contributed by atoms with E-state index in [1.165, 1.54) is 0 Å². The van der Waals surface area contributed by atoms with Crippen molar-refractivity contribution in [3.8, 4) is 45.0 Å². The summed E-state index contributed by atoms with van der Waals surface area (Å²) in [4.78, 5) is 23.0. The zero-order valence-electron chi connectivity index (χ0n) is 19.8. The molecule has 7 rings (SSSR count). The van der Waals surface area contributed by atoms with Gasteiger partial charge >= 0.3 is 0 Å². The van der Waals surface area contributed by atoms with Gasteiger partial charge in [0.1, 0.15) is 0 Å². The first-order valence-electron chi connectivity index (χ1n) is 12.2. The van der Waals surface area contributed by atoms with Gasteiger partial charge in [0.05, 0.1) is 28.3 Å². The normalized spacial score (nSPS) is 11.2. The molecule has 1 N–H and O–H groups in total. The number of pyridine rings is 4. The van der Waals surface area contributed by atoms with Gasteiger partial charge < -0.3 is 4.98 Å². The lowest BCUT2D eigenvalue weighted by molar-refractivity contribution is 1.28. The predicted octanol–water partition coefficient (Wildman–Crippen LogP) is 7.57. The highest BCUT2D eigenvalue weighted by Gasteiger charge is 2.28. The molecule has 7 aromatic rings. The largest absolute Gasteiger partial charge is 0.354 e. The molecule has 0 fully saturated rings. The Labute approximate surface area is 213 Å². The van der Waals surface area contributed by atoms with Crippen LogP contribution in [-0.4, -0.2) is 24.9 Å². The number of aromatic nitrogens is 5. The lowest BCUT2D eigenvalue weighted by atomic mass is 9.84. The fourth-order valence-electron chi connectivity index (χ4n) is 5.16. The molecule has 5 heteroatoms. The Morgan fingerprint density at radius 3 is 1.35 bits per heavy atom. The van der Waals surface area contributed by atoms with E-state index in [-0.39, 0.29) is 0 Å². The number of fused-ring (bicyclic) bond motifs is 3. The second-order valence-corrected chi connectivity index (χ2v) is 8.78. The number of nitrogens with one attached hydrogen (secondary N) is 1. The van der Waals surface area contributed by atoms with Gasteiger partial charge in [-0.3, -0.25) is 19.9 Å². The smallest absolute Gasteiger partial charge is 0.0730 e. The summed E-state index contributed by atoms with van der Waals surface area (Å²) in [6, 6.07) is 32.4. The number of nitrogens with zero attached hydrogens (tertiary/aromatic N) is 4. The topological polar surface area (TPSA) is 67.3 Å². The molecule has 0 amide bonds. The van der Waals surface area contributed by atoms with E-state index in [9.17, 15) is 0 Å². The van der Waals surface area contributed by atoms with Crippen molar-refractivity contribution in [2.45, 2.75) is 0 Å². The second-order valence-electron chi connectivity index (χ2n) is 8.78. The summed E-state index contributed by atoms with van der Waals surface area (Å²) in [5, 5.41) is 2.22. The van der Waals surface area contributed by atoms with Crippen LogP contribution in [0.5, 0.6) is 0 Å². The average Bonchev–Trinajstić information content (AvgIpc) is 3.37. The molecular weight excluding hydrogens is 454 g/mol. The summed E-state index contributed by atoms with van der Waals surface area (Å²) >= 11 is 0. The third kappa shape index (κ3) is 3.48. The molecule has 174 valence electrons. The molecule has 0 aliphatic heterocycles. The van der Waals surface area contributed by atoms with E-state index in [1.54, 1.807) is 0 Å². The molecule has 0 unspecified atom stereocenters. The SMILES string of the molecule is c1ccc(-c2c(-c3ccccn3)c(-c3ccccn3)c3c([nH]c4ccccc43)c2-c2ccccn2)nc1. The van der Waals surface area contributed by atoms with Crippen molar-refractivity contribution in [2.24, 2.45) is 0 Å². The molecule has 0 atom stereocenters. The molecule has 2 aromatic carbocycles. The van der Waals surface area contributed by atoms with E-state index in [2.05, 4.69) is 47.4 Å². The number of hydrogen-bond acceptors (Lipinski definition) is 4. The maximum absolute atomic E-state index is 4.84. The van der Waals surface area contributed by atoms with Crippen LogP contribution in [0.15, 0.2) is 122 Å². The van der Waals surface area contributed by atoms with Crippen LogP contribution in [-0.2, 0) is 0 Å². The molecular formula is C32H21N5. The van der Waals surface area contributed by atoms with E-state index < -0.39 is 0 Å². The van der Waals surface area contributed by atoms with Crippen molar-refractivity contribution in [1.82, 2.24) is 24.9 Å². The van der Waals surface area contributed by atoms with Gasteiger partial charge in [0.15, 0.2) is 0 Å². The summed E-state index contributed by atoms with van der Waals surface area (Å²) in [6.07, 6.45) is 7.33. The Morgan fingerprint density at radius 2 is 0.838 bits per heavy atom. The summed E-state index contributed by atoms with van der Waals surface area (Å²) in [5.41, 5.74) is 9.46. The number of hydrogen-bond donors (Lipinski definition) is 1. The van der Waals surface area contributed by atoms with E-state index in [1.807, 2.05) is 79.4 Å². The lowest BCUT2D eigenvalue weighted by Crippen LogP contribution is -2.00. The van der Waals surface area contributed by atoms with Crippen LogP contribution in [0.4, 0.5) is 0 Å². The van der Waals surface area contributed by atoms with E-state index >= 15 is 0 Å². The van der Waals surface area contributed by atoms with Crippen LogP contribution in [0.3, 0.4) is 0 Å². The van der Waals surface area contributed by atoms with Gasteiger partial charge in [0.25, 0.3) is 0 Å². The fourth-order valence-corrected chi connectivity index (χ4v) is 5.16. The molecule has 37 heavy (non-hydrogen) atoms. The van der Waals surface area contributed by atoms with Crippen molar-refractivity contribution >= 4 is 21.8 Å². The molecule has 5 aromatic heterocycles. The molecule has 5 heterocycles. The third-order valence-corrected chi connectivity index (χ3v) is 6.64. The minimum Gasteiger partial charge on any atom is -0.354 e. The van der Waals surface area contributed by atoms with Crippen molar-refractivity contribution in [3.05, 3.63) is 122 Å². The van der Waals surface area contributed by atoms with E-state index in [0.29, 0.717) is 0 Å². The molecule has 0 saturated carbocycles. The zero-order chi connectivity index (χ0) is 24.6. The first-order valence-corrected chi connectivity index (χ1v) is 12.2. The molecule has 0 aliphatic carbocycles. The van der Waals surface area contributed by atoms with Crippen LogP contribution >= 0.6 is 0 Å². The number of rotatable bonds is 4.